The van der Waals surface area contributed by atoms with Gasteiger partial charge in [0.25, 0.3) is 0 Å². The lowest BCUT2D eigenvalue weighted by molar-refractivity contribution is 0.214. The van der Waals surface area contributed by atoms with Gasteiger partial charge in [0, 0.05) is 11.6 Å². The van der Waals surface area contributed by atoms with Gasteiger partial charge < -0.3 is 15.4 Å². The summed E-state index contributed by atoms with van der Waals surface area (Å²) in [5.41, 5.74) is 2.13. The molecular formula is C17H17ClN2O2. The number of rotatable bonds is 3. The SMILES string of the molecule is O=C(NCc1ccc(Cl)cc1)N[C@@H]1COc2ccccc2C1. The van der Waals surface area contributed by atoms with Gasteiger partial charge in [0.05, 0.1) is 6.04 Å². The van der Waals surface area contributed by atoms with Crippen LogP contribution in [-0.4, -0.2) is 18.7 Å². The molecule has 2 aromatic rings. The molecule has 1 atom stereocenters. The zero-order valence-electron chi connectivity index (χ0n) is 12.0. The molecule has 3 rings (SSSR count). The van der Waals surface area contributed by atoms with Crippen LogP contribution in [0, 0.1) is 0 Å². The molecule has 1 aliphatic heterocycles. The Hall–Kier alpha value is -2.20. The number of carbonyl (C=O) groups excluding carboxylic acids is 1. The highest BCUT2D eigenvalue weighted by molar-refractivity contribution is 6.30. The topological polar surface area (TPSA) is 50.4 Å². The zero-order valence-corrected chi connectivity index (χ0v) is 12.8. The van der Waals surface area contributed by atoms with Gasteiger partial charge in [-0.25, -0.2) is 4.79 Å². The lowest BCUT2D eigenvalue weighted by Gasteiger charge is -2.26. The first kappa shape index (κ1) is 14.7. The van der Waals surface area contributed by atoms with Crippen molar-refractivity contribution in [3.63, 3.8) is 0 Å². The Morgan fingerprint density at radius 2 is 1.95 bits per heavy atom. The Morgan fingerprint density at radius 3 is 2.77 bits per heavy atom. The predicted octanol–water partition coefficient (Wildman–Crippen LogP) is 3.14. The molecule has 0 fully saturated rings. The molecule has 0 aliphatic carbocycles. The summed E-state index contributed by atoms with van der Waals surface area (Å²) in [6.07, 6.45) is 0.782. The highest BCUT2D eigenvalue weighted by atomic mass is 35.5. The van der Waals surface area contributed by atoms with E-state index in [1.165, 1.54) is 0 Å². The Morgan fingerprint density at radius 1 is 1.18 bits per heavy atom. The number of nitrogens with one attached hydrogen (secondary N) is 2. The lowest BCUT2D eigenvalue weighted by Crippen LogP contribution is -2.47. The number of urea groups is 1. The van der Waals surface area contributed by atoms with Crippen molar-refractivity contribution in [3.05, 3.63) is 64.7 Å². The Kier molecular flexibility index (Phi) is 4.49. The van der Waals surface area contributed by atoms with Crippen LogP contribution in [0.5, 0.6) is 5.75 Å². The lowest BCUT2D eigenvalue weighted by atomic mass is 10.0. The van der Waals surface area contributed by atoms with Gasteiger partial charge in [-0.15, -0.1) is 0 Å². The summed E-state index contributed by atoms with van der Waals surface area (Å²) in [5.74, 6) is 0.905. The molecule has 0 saturated carbocycles. The fraction of sp³-hybridized carbons (Fsp3) is 0.235. The summed E-state index contributed by atoms with van der Waals surface area (Å²) < 4.78 is 5.66. The third-order valence-electron chi connectivity index (χ3n) is 3.58. The first-order valence-corrected chi connectivity index (χ1v) is 7.58. The van der Waals surface area contributed by atoms with Crippen LogP contribution in [0.3, 0.4) is 0 Å². The summed E-state index contributed by atoms with van der Waals surface area (Å²) in [4.78, 5) is 12.0. The Labute approximate surface area is 134 Å². The molecule has 114 valence electrons. The van der Waals surface area contributed by atoms with Gasteiger partial charge >= 0.3 is 6.03 Å². The van der Waals surface area contributed by atoms with Crippen LogP contribution in [0.15, 0.2) is 48.5 Å². The first-order chi connectivity index (χ1) is 10.7. The molecule has 0 spiro atoms. The molecule has 0 saturated heterocycles. The average molecular weight is 317 g/mol. The fourth-order valence-corrected chi connectivity index (χ4v) is 2.57. The van der Waals surface area contributed by atoms with Gasteiger partial charge in [0.1, 0.15) is 12.4 Å². The maximum Gasteiger partial charge on any atom is 0.315 e. The standard InChI is InChI=1S/C17H17ClN2O2/c18-14-7-5-12(6-8-14)10-19-17(21)20-15-9-13-3-1-2-4-16(13)22-11-15/h1-8,15H,9-11H2,(H2,19,20,21)/t15-/m0/s1. The van der Waals surface area contributed by atoms with E-state index in [4.69, 9.17) is 16.3 Å². The summed E-state index contributed by atoms with van der Waals surface area (Å²) in [7, 11) is 0. The number of hydrogen-bond donors (Lipinski definition) is 2. The van der Waals surface area contributed by atoms with E-state index in [1.807, 2.05) is 48.5 Å². The Balaban J connectivity index is 1.49. The smallest absolute Gasteiger partial charge is 0.315 e. The van der Waals surface area contributed by atoms with Gasteiger partial charge in [-0.1, -0.05) is 41.9 Å². The van der Waals surface area contributed by atoms with Gasteiger partial charge in [-0.3, -0.25) is 0 Å². The minimum absolute atomic E-state index is 0.0138. The number of para-hydroxylation sites is 1. The Bertz CT molecular complexity index is 658. The van der Waals surface area contributed by atoms with Crippen molar-refractivity contribution < 1.29 is 9.53 Å². The third kappa shape index (κ3) is 3.71. The first-order valence-electron chi connectivity index (χ1n) is 7.20. The molecule has 0 radical (unpaired) electrons. The maximum atomic E-state index is 12.0. The molecule has 0 unspecified atom stereocenters. The van der Waals surface area contributed by atoms with E-state index in [1.54, 1.807) is 0 Å². The van der Waals surface area contributed by atoms with E-state index in [9.17, 15) is 4.79 Å². The molecule has 5 heteroatoms. The highest BCUT2D eigenvalue weighted by Gasteiger charge is 2.20. The number of amides is 2. The second kappa shape index (κ2) is 6.71. The van der Waals surface area contributed by atoms with Crippen LogP contribution in [0.2, 0.25) is 5.02 Å². The van der Waals surface area contributed by atoms with Crippen LogP contribution < -0.4 is 15.4 Å². The van der Waals surface area contributed by atoms with Crippen molar-refractivity contribution in [3.8, 4) is 5.75 Å². The van der Waals surface area contributed by atoms with E-state index in [-0.39, 0.29) is 12.1 Å². The van der Waals surface area contributed by atoms with E-state index in [0.29, 0.717) is 18.2 Å². The van der Waals surface area contributed by atoms with Crippen molar-refractivity contribution >= 4 is 17.6 Å². The van der Waals surface area contributed by atoms with Crippen molar-refractivity contribution in [1.29, 1.82) is 0 Å². The molecule has 2 N–H and O–H groups in total. The third-order valence-corrected chi connectivity index (χ3v) is 3.83. The predicted molar refractivity (Wildman–Crippen MR) is 86.3 cm³/mol. The minimum Gasteiger partial charge on any atom is -0.491 e. The molecule has 1 heterocycles. The number of ether oxygens (including phenoxy) is 1. The van der Waals surface area contributed by atoms with Crippen molar-refractivity contribution in [2.75, 3.05) is 6.61 Å². The van der Waals surface area contributed by atoms with Crippen LogP contribution >= 0.6 is 11.6 Å². The second-order valence-electron chi connectivity index (χ2n) is 5.27. The molecule has 1 aliphatic rings. The van der Waals surface area contributed by atoms with Gasteiger partial charge in [-0.05, 0) is 35.7 Å². The summed E-state index contributed by atoms with van der Waals surface area (Å²) in [6, 6.07) is 15.1. The number of fused-ring (bicyclic) bond motifs is 1. The summed E-state index contributed by atoms with van der Waals surface area (Å²) in [5, 5.41) is 6.47. The van der Waals surface area contributed by atoms with Crippen molar-refractivity contribution in [2.45, 2.75) is 19.0 Å². The molecule has 2 amide bonds. The minimum atomic E-state index is -0.192. The van der Waals surface area contributed by atoms with E-state index in [2.05, 4.69) is 10.6 Å². The second-order valence-corrected chi connectivity index (χ2v) is 5.71. The van der Waals surface area contributed by atoms with Gasteiger partial charge in [-0.2, -0.15) is 0 Å². The molecule has 0 aromatic heterocycles. The normalized spacial score (nSPS) is 16.3. The molecular weight excluding hydrogens is 300 g/mol. The molecule has 2 aromatic carbocycles. The molecule has 4 nitrogen and oxygen atoms in total. The maximum absolute atomic E-state index is 12.0. The van der Waals surface area contributed by atoms with E-state index >= 15 is 0 Å². The number of halogens is 1. The van der Waals surface area contributed by atoms with Gasteiger partial charge in [0.15, 0.2) is 0 Å². The zero-order chi connectivity index (χ0) is 15.4. The van der Waals surface area contributed by atoms with Crippen molar-refractivity contribution in [2.24, 2.45) is 0 Å². The number of carbonyl (C=O) groups is 1. The largest absolute Gasteiger partial charge is 0.491 e. The van der Waals surface area contributed by atoms with Crippen LogP contribution in [0.1, 0.15) is 11.1 Å². The monoisotopic (exact) mass is 316 g/mol. The van der Waals surface area contributed by atoms with E-state index in [0.717, 1.165) is 23.3 Å². The van der Waals surface area contributed by atoms with Gasteiger partial charge in [0.2, 0.25) is 0 Å². The van der Waals surface area contributed by atoms with Crippen LogP contribution in [-0.2, 0) is 13.0 Å². The highest BCUT2D eigenvalue weighted by Crippen LogP contribution is 2.23. The summed E-state index contributed by atoms with van der Waals surface area (Å²) in [6.45, 7) is 0.957. The van der Waals surface area contributed by atoms with Crippen molar-refractivity contribution in [1.82, 2.24) is 10.6 Å². The molecule has 0 bridgehead atoms. The fourth-order valence-electron chi connectivity index (χ4n) is 2.44. The quantitative estimate of drug-likeness (QED) is 0.914. The molecule has 22 heavy (non-hydrogen) atoms. The number of benzene rings is 2. The van der Waals surface area contributed by atoms with Crippen LogP contribution in [0.4, 0.5) is 4.79 Å². The average Bonchev–Trinajstić information content (AvgIpc) is 2.54. The van der Waals surface area contributed by atoms with Crippen LogP contribution in [0.25, 0.3) is 0 Å². The number of hydrogen-bond acceptors (Lipinski definition) is 2. The van der Waals surface area contributed by atoms with E-state index < -0.39 is 0 Å². The summed E-state index contributed by atoms with van der Waals surface area (Å²) >= 11 is 5.83.